The molecule has 1 aliphatic heterocycles. The zero-order valence-corrected chi connectivity index (χ0v) is 10.4. The van der Waals surface area contributed by atoms with Crippen LogP contribution in [0.2, 0.25) is 0 Å². The molecule has 2 rings (SSSR count). The van der Waals surface area contributed by atoms with Crippen LogP contribution in [0.15, 0.2) is 36.6 Å². The molecule has 88 valence electrons. The molecule has 0 saturated heterocycles. The fourth-order valence-electron chi connectivity index (χ4n) is 2.05. The molecule has 1 aliphatic rings. The molecule has 2 nitrogen and oxygen atoms in total. The monoisotopic (exact) mass is 228 g/mol. The van der Waals surface area contributed by atoms with E-state index in [9.17, 15) is 0 Å². The van der Waals surface area contributed by atoms with E-state index >= 15 is 0 Å². The van der Waals surface area contributed by atoms with E-state index in [2.05, 4.69) is 38.1 Å². The summed E-state index contributed by atoms with van der Waals surface area (Å²) in [6.45, 7) is 4.34. The van der Waals surface area contributed by atoms with Crippen molar-refractivity contribution in [3.63, 3.8) is 0 Å². The quantitative estimate of drug-likeness (QED) is 0.734. The van der Waals surface area contributed by atoms with Crippen molar-refractivity contribution in [1.82, 2.24) is 0 Å². The topological polar surface area (TPSA) is 18.5 Å². The third-order valence-electron chi connectivity index (χ3n) is 2.84. The van der Waals surface area contributed by atoms with Crippen LogP contribution in [0.25, 0.3) is 11.3 Å². The first-order valence-electron chi connectivity index (χ1n) is 6.10. The van der Waals surface area contributed by atoms with Crippen LogP contribution >= 0.6 is 0 Å². The molecule has 0 aromatic heterocycles. The van der Waals surface area contributed by atoms with Gasteiger partial charge in [0.2, 0.25) is 0 Å². The lowest BCUT2D eigenvalue weighted by molar-refractivity contribution is 0.454. The number of hydrogen-bond acceptors (Lipinski definition) is 2. The first-order valence-corrected chi connectivity index (χ1v) is 6.10. The molecule has 0 spiro atoms. The zero-order valence-electron chi connectivity index (χ0n) is 10.4. The van der Waals surface area contributed by atoms with Gasteiger partial charge in [-0.25, -0.2) is 0 Å². The Morgan fingerprint density at radius 2 is 2.12 bits per heavy atom. The molecule has 0 saturated carbocycles. The third-order valence-corrected chi connectivity index (χ3v) is 2.84. The van der Waals surface area contributed by atoms with E-state index in [0.717, 1.165) is 24.2 Å². The molecule has 0 bridgehead atoms. The smallest absolute Gasteiger partial charge is 0.531 e. The Bertz CT molecular complexity index is 449. The second-order valence-electron chi connectivity index (χ2n) is 3.95. The lowest BCUT2D eigenvalue weighted by Crippen LogP contribution is -1.95. The maximum Gasteiger partial charge on any atom is 0.576 e. The summed E-state index contributed by atoms with van der Waals surface area (Å²) in [5.41, 5.74) is 3.72. The van der Waals surface area contributed by atoms with Crippen LogP contribution in [0.1, 0.15) is 37.8 Å². The van der Waals surface area contributed by atoms with Crippen molar-refractivity contribution < 1.29 is 9.31 Å². The minimum Gasteiger partial charge on any atom is -0.531 e. The standard InChI is InChI=1S/C14H17BO2/c1-3-7-11(4-2)12-8-5-6-9-13(12)14-10-16-15-17-14/h5-10,15H,3-4H2,1-2H3. The van der Waals surface area contributed by atoms with Gasteiger partial charge in [0.15, 0.2) is 0 Å². The van der Waals surface area contributed by atoms with E-state index < -0.39 is 0 Å². The van der Waals surface area contributed by atoms with Gasteiger partial charge in [-0.2, -0.15) is 0 Å². The van der Waals surface area contributed by atoms with Crippen molar-refractivity contribution in [1.29, 1.82) is 0 Å². The molecule has 0 atom stereocenters. The SMILES string of the molecule is CCC=C(CC)c1ccccc1C1=COBO1. The molecule has 0 aliphatic carbocycles. The molecule has 0 amide bonds. The summed E-state index contributed by atoms with van der Waals surface area (Å²) in [6, 6.07) is 8.31. The Hall–Kier alpha value is -1.64. The summed E-state index contributed by atoms with van der Waals surface area (Å²) in [5.74, 6) is 0.830. The predicted molar refractivity (Wildman–Crippen MR) is 72.3 cm³/mol. The van der Waals surface area contributed by atoms with Crippen LogP contribution in [0.4, 0.5) is 0 Å². The maximum absolute atomic E-state index is 5.46. The van der Waals surface area contributed by atoms with Crippen LogP contribution in [-0.2, 0) is 9.31 Å². The summed E-state index contributed by atoms with van der Waals surface area (Å²) < 4.78 is 10.6. The van der Waals surface area contributed by atoms with E-state index in [0.29, 0.717) is 7.69 Å². The minimum absolute atomic E-state index is 0.322. The van der Waals surface area contributed by atoms with Gasteiger partial charge in [0, 0.05) is 5.56 Å². The summed E-state index contributed by atoms with van der Waals surface area (Å²) in [6.07, 6.45) is 6.04. The van der Waals surface area contributed by atoms with E-state index in [-0.39, 0.29) is 0 Å². The molecule has 1 aromatic rings. The molecule has 0 N–H and O–H groups in total. The minimum atomic E-state index is 0.322. The highest BCUT2D eigenvalue weighted by molar-refractivity contribution is 6.22. The normalized spacial score (nSPS) is 14.7. The van der Waals surface area contributed by atoms with Crippen molar-refractivity contribution in [2.45, 2.75) is 26.7 Å². The van der Waals surface area contributed by atoms with Gasteiger partial charge in [-0.3, -0.25) is 0 Å². The van der Waals surface area contributed by atoms with Crippen molar-refractivity contribution in [2.75, 3.05) is 0 Å². The van der Waals surface area contributed by atoms with E-state index in [1.165, 1.54) is 11.1 Å². The van der Waals surface area contributed by atoms with Gasteiger partial charge in [0.25, 0.3) is 0 Å². The van der Waals surface area contributed by atoms with Gasteiger partial charge < -0.3 is 9.31 Å². The maximum atomic E-state index is 5.46. The number of benzene rings is 1. The van der Waals surface area contributed by atoms with E-state index in [1.807, 2.05) is 6.07 Å². The van der Waals surface area contributed by atoms with Crippen molar-refractivity contribution in [2.24, 2.45) is 0 Å². The largest absolute Gasteiger partial charge is 0.576 e. The second-order valence-corrected chi connectivity index (χ2v) is 3.95. The third kappa shape index (κ3) is 2.55. The number of hydrogen-bond donors (Lipinski definition) is 0. The molecule has 3 heteroatoms. The number of allylic oxidation sites excluding steroid dienone is 2. The van der Waals surface area contributed by atoms with E-state index in [4.69, 9.17) is 9.31 Å². The zero-order chi connectivity index (χ0) is 12.1. The summed E-state index contributed by atoms with van der Waals surface area (Å²) in [4.78, 5) is 0. The Kier molecular flexibility index (Phi) is 3.91. The van der Waals surface area contributed by atoms with Crippen molar-refractivity contribution in [3.05, 3.63) is 47.7 Å². The average molecular weight is 228 g/mol. The Balaban J connectivity index is 2.43. The van der Waals surface area contributed by atoms with Gasteiger partial charge in [0.05, 0.1) is 0 Å². The summed E-state index contributed by atoms with van der Waals surface area (Å²) in [7, 11) is 0.322. The van der Waals surface area contributed by atoms with Crippen LogP contribution in [-0.4, -0.2) is 7.69 Å². The van der Waals surface area contributed by atoms with Crippen molar-refractivity contribution in [3.8, 4) is 0 Å². The highest BCUT2D eigenvalue weighted by Gasteiger charge is 2.15. The van der Waals surface area contributed by atoms with Crippen LogP contribution in [0, 0.1) is 0 Å². The molecule has 0 unspecified atom stereocenters. The first kappa shape index (κ1) is 11.8. The van der Waals surface area contributed by atoms with Gasteiger partial charge in [-0.05, 0) is 24.0 Å². The van der Waals surface area contributed by atoms with E-state index in [1.54, 1.807) is 6.26 Å². The predicted octanol–water partition coefficient (Wildman–Crippen LogP) is 3.50. The lowest BCUT2D eigenvalue weighted by atomic mass is 9.96. The summed E-state index contributed by atoms with van der Waals surface area (Å²) >= 11 is 0. The molecule has 1 aromatic carbocycles. The molecule has 17 heavy (non-hydrogen) atoms. The highest BCUT2D eigenvalue weighted by atomic mass is 16.6. The molecular weight excluding hydrogens is 211 g/mol. The van der Waals surface area contributed by atoms with Crippen molar-refractivity contribution >= 4 is 19.0 Å². The summed E-state index contributed by atoms with van der Waals surface area (Å²) in [5, 5.41) is 0. The molecule has 0 fully saturated rings. The Morgan fingerprint density at radius 1 is 1.29 bits per heavy atom. The van der Waals surface area contributed by atoms with Gasteiger partial charge in [0.1, 0.15) is 12.0 Å². The first-order chi connectivity index (χ1) is 8.36. The highest BCUT2D eigenvalue weighted by Crippen LogP contribution is 2.29. The average Bonchev–Trinajstić information content (AvgIpc) is 2.90. The van der Waals surface area contributed by atoms with Gasteiger partial charge >= 0.3 is 7.69 Å². The molecule has 1 heterocycles. The number of rotatable bonds is 4. The lowest BCUT2D eigenvalue weighted by Gasteiger charge is -2.12. The second kappa shape index (κ2) is 5.62. The fourth-order valence-corrected chi connectivity index (χ4v) is 2.05. The molecule has 0 radical (unpaired) electrons. The van der Waals surface area contributed by atoms with Crippen LogP contribution in [0.3, 0.4) is 0 Å². The van der Waals surface area contributed by atoms with Crippen LogP contribution < -0.4 is 0 Å². The fraction of sp³-hybridized carbons (Fsp3) is 0.286. The Morgan fingerprint density at radius 3 is 2.76 bits per heavy atom. The van der Waals surface area contributed by atoms with Crippen LogP contribution in [0.5, 0.6) is 0 Å². The van der Waals surface area contributed by atoms with Gasteiger partial charge in [-0.15, -0.1) is 0 Å². The Labute approximate surface area is 103 Å². The van der Waals surface area contributed by atoms with Gasteiger partial charge in [-0.1, -0.05) is 44.2 Å². The molecular formula is C14H17BO2.